The summed E-state index contributed by atoms with van der Waals surface area (Å²) in [4.78, 5) is 17.6. The van der Waals surface area contributed by atoms with Crippen LogP contribution in [0.5, 0.6) is 0 Å². The molecule has 144 valence electrons. The van der Waals surface area contributed by atoms with E-state index in [-0.39, 0.29) is 11.7 Å². The maximum Gasteiger partial charge on any atom is 0.231 e. The lowest BCUT2D eigenvalue weighted by Gasteiger charge is -2.29. The smallest absolute Gasteiger partial charge is 0.231 e. The highest BCUT2D eigenvalue weighted by Crippen LogP contribution is 2.32. The normalized spacial score (nSPS) is 13.1. The Bertz CT molecular complexity index is 1030. The minimum absolute atomic E-state index is 0.0972. The summed E-state index contributed by atoms with van der Waals surface area (Å²) in [5.74, 6) is -0.463. The number of amides is 1. The lowest BCUT2D eigenvalue weighted by atomic mass is 9.77. The first kappa shape index (κ1) is 19.7. The molecule has 0 aliphatic heterocycles. The standard InChI is InChI=1S/C24H25FN2O/c1-16(2)14-24(4,15-18-9-6-5-7-10-18)23(28)27-21-13-19-11-8-12-20(25)22(19)26-17(21)3/h5-13H,1,14-15H2,2-4H3,(H,27,28)/t24-/m1/s1. The van der Waals surface area contributed by atoms with Crippen molar-refractivity contribution in [1.82, 2.24) is 4.98 Å². The molecule has 0 bridgehead atoms. The fraction of sp³-hybridized carbons (Fsp3) is 0.250. The number of benzene rings is 2. The number of hydrogen-bond acceptors (Lipinski definition) is 2. The van der Waals surface area contributed by atoms with Crippen molar-refractivity contribution in [3.05, 3.63) is 83.8 Å². The molecule has 1 amide bonds. The Balaban J connectivity index is 1.92. The highest BCUT2D eigenvalue weighted by atomic mass is 19.1. The van der Waals surface area contributed by atoms with Crippen LogP contribution >= 0.6 is 0 Å². The van der Waals surface area contributed by atoms with Crippen LogP contribution in [0.3, 0.4) is 0 Å². The number of allylic oxidation sites excluding steroid dienone is 1. The number of carbonyl (C=O) groups excluding carboxylic acids is 1. The van der Waals surface area contributed by atoms with Crippen LogP contribution in [0.1, 0.15) is 31.5 Å². The molecule has 1 N–H and O–H groups in total. The van der Waals surface area contributed by atoms with E-state index in [4.69, 9.17) is 0 Å². The average Bonchev–Trinajstić information content (AvgIpc) is 2.63. The van der Waals surface area contributed by atoms with Gasteiger partial charge in [-0.1, -0.05) is 55.0 Å². The maximum absolute atomic E-state index is 14.0. The molecule has 0 saturated carbocycles. The summed E-state index contributed by atoms with van der Waals surface area (Å²) in [5, 5.41) is 3.68. The van der Waals surface area contributed by atoms with Gasteiger partial charge in [0.1, 0.15) is 11.3 Å². The minimum Gasteiger partial charge on any atom is -0.324 e. The van der Waals surface area contributed by atoms with E-state index < -0.39 is 5.41 Å². The number of nitrogens with zero attached hydrogens (tertiary/aromatic N) is 1. The molecule has 0 aliphatic carbocycles. The second-order valence-corrected chi connectivity index (χ2v) is 7.74. The highest BCUT2D eigenvalue weighted by Gasteiger charge is 2.34. The van der Waals surface area contributed by atoms with Gasteiger partial charge in [0.25, 0.3) is 0 Å². The number of carbonyl (C=O) groups is 1. The number of anilines is 1. The molecule has 3 rings (SSSR count). The van der Waals surface area contributed by atoms with Crippen LogP contribution in [0.15, 0.2) is 66.7 Å². The van der Waals surface area contributed by atoms with Crippen molar-refractivity contribution in [2.45, 2.75) is 33.6 Å². The lowest BCUT2D eigenvalue weighted by Crippen LogP contribution is -2.36. The van der Waals surface area contributed by atoms with Crippen molar-refractivity contribution in [1.29, 1.82) is 0 Å². The Morgan fingerprint density at radius 2 is 1.89 bits per heavy atom. The van der Waals surface area contributed by atoms with Crippen molar-refractivity contribution < 1.29 is 9.18 Å². The number of pyridine rings is 1. The van der Waals surface area contributed by atoms with Gasteiger partial charge in [0.2, 0.25) is 5.91 Å². The van der Waals surface area contributed by atoms with Crippen LogP contribution in [0, 0.1) is 18.2 Å². The SMILES string of the molecule is C=C(C)C[C@](C)(Cc1ccccc1)C(=O)Nc1cc2cccc(F)c2nc1C. The Morgan fingerprint density at radius 1 is 1.18 bits per heavy atom. The van der Waals surface area contributed by atoms with E-state index in [0.29, 0.717) is 35.1 Å². The molecule has 3 aromatic rings. The van der Waals surface area contributed by atoms with Gasteiger partial charge in [-0.05, 0) is 44.4 Å². The van der Waals surface area contributed by atoms with E-state index in [0.717, 1.165) is 11.1 Å². The van der Waals surface area contributed by atoms with Crippen molar-refractivity contribution in [3.8, 4) is 0 Å². The van der Waals surface area contributed by atoms with Crippen LogP contribution in [0.25, 0.3) is 10.9 Å². The molecule has 1 atom stereocenters. The molecule has 0 fully saturated rings. The Morgan fingerprint density at radius 3 is 2.57 bits per heavy atom. The van der Waals surface area contributed by atoms with Gasteiger partial charge in [-0.15, -0.1) is 6.58 Å². The molecular weight excluding hydrogens is 351 g/mol. The maximum atomic E-state index is 14.0. The number of nitrogens with one attached hydrogen (secondary N) is 1. The molecule has 28 heavy (non-hydrogen) atoms. The summed E-state index contributed by atoms with van der Waals surface area (Å²) in [6.45, 7) is 9.66. The second-order valence-electron chi connectivity index (χ2n) is 7.74. The van der Waals surface area contributed by atoms with E-state index in [1.807, 2.05) is 44.2 Å². The van der Waals surface area contributed by atoms with Crippen molar-refractivity contribution >= 4 is 22.5 Å². The molecule has 0 spiro atoms. The van der Waals surface area contributed by atoms with E-state index in [1.165, 1.54) is 6.07 Å². The van der Waals surface area contributed by atoms with Crippen LogP contribution in [0.2, 0.25) is 0 Å². The fourth-order valence-corrected chi connectivity index (χ4v) is 3.59. The van der Waals surface area contributed by atoms with Crippen molar-refractivity contribution in [3.63, 3.8) is 0 Å². The predicted molar refractivity (Wildman–Crippen MR) is 113 cm³/mol. The average molecular weight is 376 g/mol. The van der Waals surface area contributed by atoms with E-state index in [9.17, 15) is 9.18 Å². The first-order valence-corrected chi connectivity index (χ1v) is 9.34. The summed E-state index contributed by atoms with van der Waals surface area (Å²) in [5.41, 5.74) is 2.89. The quantitative estimate of drug-likeness (QED) is 0.550. The van der Waals surface area contributed by atoms with Gasteiger partial charge < -0.3 is 5.32 Å². The van der Waals surface area contributed by atoms with Gasteiger partial charge in [0.15, 0.2) is 0 Å². The van der Waals surface area contributed by atoms with Crippen LogP contribution in [0.4, 0.5) is 10.1 Å². The number of fused-ring (bicyclic) bond motifs is 1. The largest absolute Gasteiger partial charge is 0.324 e. The summed E-state index contributed by atoms with van der Waals surface area (Å²) in [7, 11) is 0. The Hall–Kier alpha value is -3.01. The second kappa shape index (κ2) is 7.93. The topological polar surface area (TPSA) is 42.0 Å². The van der Waals surface area contributed by atoms with E-state index >= 15 is 0 Å². The molecule has 4 heteroatoms. The van der Waals surface area contributed by atoms with Gasteiger partial charge >= 0.3 is 0 Å². The fourth-order valence-electron chi connectivity index (χ4n) is 3.59. The van der Waals surface area contributed by atoms with Gasteiger partial charge in [-0.2, -0.15) is 0 Å². The Labute approximate surface area is 165 Å². The number of hydrogen-bond donors (Lipinski definition) is 1. The summed E-state index contributed by atoms with van der Waals surface area (Å²) < 4.78 is 14.0. The summed E-state index contributed by atoms with van der Waals surface area (Å²) >= 11 is 0. The van der Waals surface area contributed by atoms with E-state index in [2.05, 4.69) is 16.9 Å². The van der Waals surface area contributed by atoms with E-state index in [1.54, 1.807) is 25.1 Å². The zero-order chi connectivity index (χ0) is 20.3. The first-order chi connectivity index (χ1) is 13.3. The molecule has 0 radical (unpaired) electrons. The number of aromatic nitrogens is 1. The monoisotopic (exact) mass is 376 g/mol. The number of rotatable bonds is 6. The van der Waals surface area contributed by atoms with Crippen molar-refractivity contribution in [2.75, 3.05) is 5.32 Å². The van der Waals surface area contributed by atoms with Gasteiger partial charge in [-0.25, -0.2) is 9.37 Å². The van der Waals surface area contributed by atoms with Gasteiger partial charge in [0, 0.05) is 5.39 Å². The molecular formula is C24H25FN2O. The highest BCUT2D eigenvalue weighted by molar-refractivity contribution is 5.97. The molecule has 0 saturated heterocycles. The lowest BCUT2D eigenvalue weighted by molar-refractivity contribution is -0.124. The molecule has 0 unspecified atom stereocenters. The zero-order valence-corrected chi connectivity index (χ0v) is 16.6. The molecule has 3 nitrogen and oxygen atoms in total. The number of para-hydroxylation sites is 1. The van der Waals surface area contributed by atoms with Crippen molar-refractivity contribution in [2.24, 2.45) is 5.41 Å². The molecule has 0 aliphatic rings. The summed E-state index contributed by atoms with van der Waals surface area (Å²) in [6, 6.07) is 16.5. The first-order valence-electron chi connectivity index (χ1n) is 9.34. The van der Waals surface area contributed by atoms with Crippen LogP contribution in [-0.4, -0.2) is 10.9 Å². The number of aryl methyl sites for hydroxylation is 1. The third-order valence-electron chi connectivity index (χ3n) is 4.91. The minimum atomic E-state index is -0.656. The molecule has 1 heterocycles. The molecule has 1 aromatic heterocycles. The molecule has 2 aromatic carbocycles. The van der Waals surface area contributed by atoms with Gasteiger partial charge in [-0.3, -0.25) is 4.79 Å². The van der Waals surface area contributed by atoms with Crippen LogP contribution in [-0.2, 0) is 11.2 Å². The third kappa shape index (κ3) is 4.28. The zero-order valence-electron chi connectivity index (χ0n) is 16.6. The van der Waals surface area contributed by atoms with Gasteiger partial charge in [0.05, 0.1) is 16.8 Å². The predicted octanol–water partition coefficient (Wildman–Crippen LogP) is 5.84. The van der Waals surface area contributed by atoms with Crippen LogP contribution < -0.4 is 5.32 Å². The number of halogens is 1. The summed E-state index contributed by atoms with van der Waals surface area (Å²) in [6.07, 6.45) is 1.17. The Kier molecular flexibility index (Phi) is 5.59. The third-order valence-corrected chi connectivity index (χ3v) is 4.91.